The van der Waals surface area contributed by atoms with Gasteiger partial charge in [-0.1, -0.05) is 12.1 Å². The average Bonchev–Trinajstić information content (AvgIpc) is 3.35. The summed E-state index contributed by atoms with van der Waals surface area (Å²) < 4.78 is 5.04. The Bertz CT molecular complexity index is 995. The minimum absolute atomic E-state index is 0.185. The van der Waals surface area contributed by atoms with Crippen LogP contribution in [0.15, 0.2) is 59.2 Å². The molecule has 3 rings (SSSR count). The Morgan fingerprint density at radius 2 is 1.57 bits per heavy atom. The molecule has 0 aliphatic carbocycles. The van der Waals surface area contributed by atoms with Crippen molar-refractivity contribution in [3.05, 3.63) is 65.4 Å². The SMILES string of the molecule is CN(C)C(=O)Nc1ccccc1NC(=O)c1ccc(NC(=O)c2ccco2)s1. The fourth-order valence-electron chi connectivity index (χ4n) is 2.22. The number of hydrogen-bond donors (Lipinski definition) is 3. The van der Waals surface area contributed by atoms with Gasteiger partial charge in [0.1, 0.15) is 0 Å². The number of amides is 4. The minimum Gasteiger partial charge on any atom is -0.459 e. The Morgan fingerprint density at radius 3 is 2.21 bits per heavy atom. The van der Waals surface area contributed by atoms with Crippen LogP contribution in [0.5, 0.6) is 0 Å². The van der Waals surface area contributed by atoms with Gasteiger partial charge in [0.05, 0.1) is 27.5 Å². The molecule has 144 valence electrons. The van der Waals surface area contributed by atoms with Gasteiger partial charge in [-0.15, -0.1) is 11.3 Å². The standard InChI is InChI=1S/C19H18N4O4S/c1-23(2)19(26)21-13-7-4-3-6-12(13)20-18(25)15-9-10-16(28-15)22-17(24)14-8-5-11-27-14/h3-11H,1-2H3,(H,20,25)(H,21,26)(H,22,24). The van der Waals surface area contributed by atoms with Crippen LogP contribution < -0.4 is 16.0 Å². The van der Waals surface area contributed by atoms with E-state index in [9.17, 15) is 14.4 Å². The van der Waals surface area contributed by atoms with E-state index in [2.05, 4.69) is 16.0 Å². The molecule has 8 nitrogen and oxygen atoms in total. The largest absolute Gasteiger partial charge is 0.459 e. The quantitative estimate of drug-likeness (QED) is 0.605. The zero-order chi connectivity index (χ0) is 20.1. The van der Waals surface area contributed by atoms with Gasteiger partial charge < -0.3 is 25.3 Å². The number of rotatable bonds is 5. The second-order valence-corrected chi connectivity index (χ2v) is 7.00. The molecule has 3 aromatic rings. The van der Waals surface area contributed by atoms with Crippen molar-refractivity contribution in [2.45, 2.75) is 0 Å². The molecule has 0 spiro atoms. The topological polar surface area (TPSA) is 104 Å². The van der Waals surface area contributed by atoms with Crippen molar-refractivity contribution in [1.82, 2.24) is 4.90 Å². The highest BCUT2D eigenvalue weighted by atomic mass is 32.1. The van der Waals surface area contributed by atoms with Crippen LogP contribution in [0.1, 0.15) is 20.2 Å². The molecule has 0 saturated carbocycles. The Morgan fingerprint density at radius 1 is 0.857 bits per heavy atom. The maximum absolute atomic E-state index is 12.6. The normalized spacial score (nSPS) is 10.2. The first kappa shape index (κ1) is 19.2. The average molecular weight is 398 g/mol. The van der Waals surface area contributed by atoms with Crippen LogP contribution in [0.25, 0.3) is 0 Å². The predicted octanol–water partition coefficient (Wildman–Crippen LogP) is 3.94. The van der Waals surface area contributed by atoms with Gasteiger partial charge in [0, 0.05) is 14.1 Å². The van der Waals surface area contributed by atoms with Crippen molar-refractivity contribution in [2.75, 3.05) is 30.0 Å². The molecule has 0 saturated heterocycles. The Kier molecular flexibility index (Phi) is 5.75. The van der Waals surface area contributed by atoms with Crippen molar-refractivity contribution in [3.8, 4) is 0 Å². The van der Waals surface area contributed by atoms with Crippen molar-refractivity contribution < 1.29 is 18.8 Å². The maximum atomic E-state index is 12.6. The fraction of sp³-hybridized carbons (Fsp3) is 0.105. The van der Waals surface area contributed by atoms with Crippen LogP contribution >= 0.6 is 11.3 Å². The summed E-state index contributed by atoms with van der Waals surface area (Å²) in [6, 6.07) is 13.0. The van der Waals surface area contributed by atoms with Gasteiger partial charge in [-0.3, -0.25) is 9.59 Å². The Hall–Kier alpha value is -3.59. The first-order chi connectivity index (χ1) is 13.4. The van der Waals surface area contributed by atoms with Gasteiger partial charge in [-0.25, -0.2) is 4.79 Å². The molecule has 2 heterocycles. The number of nitrogens with zero attached hydrogens (tertiary/aromatic N) is 1. The molecule has 28 heavy (non-hydrogen) atoms. The molecule has 1 aromatic carbocycles. The molecular weight excluding hydrogens is 380 g/mol. The van der Waals surface area contributed by atoms with E-state index in [1.54, 1.807) is 62.6 Å². The van der Waals surface area contributed by atoms with E-state index in [-0.39, 0.29) is 17.7 Å². The summed E-state index contributed by atoms with van der Waals surface area (Å²) in [5, 5.41) is 8.69. The van der Waals surface area contributed by atoms with Gasteiger partial charge in [0.25, 0.3) is 11.8 Å². The number of carbonyl (C=O) groups is 3. The third-order valence-electron chi connectivity index (χ3n) is 3.63. The summed E-state index contributed by atoms with van der Waals surface area (Å²) >= 11 is 1.13. The highest BCUT2D eigenvalue weighted by Crippen LogP contribution is 2.26. The molecular formula is C19H18N4O4S. The molecule has 0 aliphatic heterocycles. The number of para-hydroxylation sites is 2. The van der Waals surface area contributed by atoms with Crippen LogP contribution in [-0.2, 0) is 0 Å². The highest BCUT2D eigenvalue weighted by molar-refractivity contribution is 7.18. The maximum Gasteiger partial charge on any atom is 0.321 e. The van der Waals surface area contributed by atoms with Crippen molar-refractivity contribution in [3.63, 3.8) is 0 Å². The highest BCUT2D eigenvalue weighted by Gasteiger charge is 2.15. The van der Waals surface area contributed by atoms with Crippen molar-refractivity contribution in [2.24, 2.45) is 0 Å². The zero-order valence-electron chi connectivity index (χ0n) is 15.2. The number of urea groups is 1. The van der Waals surface area contributed by atoms with Crippen LogP contribution in [0, 0.1) is 0 Å². The van der Waals surface area contributed by atoms with Gasteiger partial charge in [0.15, 0.2) is 5.76 Å². The lowest BCUT2D eigenvalue weighted by Gasteiger charge is -2.15. The monoisotopic (exact) mass is 398 g/mol. The van der Waals surface area contributed by atoms with Crippen molar-refractivity contribution >= 4 is 45.6 Å². The number of thiophene rings is 1. The van der Waals surface area contributed by atoms with Gasteiger partial charge in [-0.05, 0) is 36.4 Å². The van der Waals surface area contributed by atoms with Crippen LogP contribution in [0.2, 0.25) is 0 Å². The molecule has 0 unspecified atom stereocenters. The number of furan rings is 1. The molecule has 4 amide bonds. The van der Waals surface area contributed by atoms with E-state index in [1.165, 1.54) is 11.2 Å². The number of nitrogens with one attached hydrogen (secondary N) is 3. The van der Waals surface area contributed by atoms with E-state index in [1.807, 2.05) is 0 Å². The van der Waals surface area contributed by atoms with Gasteiger partial charge in [-0.2, -0.15) is 0 Å². The van der Waals surface area contributed by atoms with E-state index in [4.69, 9.17) is 4.42 Å². The first-order valence-electron chi connectivity index (χ1n) is 8.27. The first-order valence-corrected chi connectivity index (χ1v) is 9.09. The molecule has 0 bridgehead atoms. The van der Waals surface area contributed by atoms with Crippen LogP contribution in [0.4, 0.5) is 21.2 Å². The molecule has 0 aliphatic rings. The second kappa shape index (κ2) is 8.40. The molecule has 3 N–H and O–H groups in total. The minimum atomic E-state index is -0.393. The lowest BCUT2D eigenvalue weighted by Crippen LogP contribution is -2.27. The van der Waals surface area contributed by atoms with Gasteiger partial charge in [0.2, 0.25) is 0 Å². The summed E-state index contributed by atoms with van der Waals surface area (Å²) in [6.45, 7) is 0. The summed E-state index contributed by atoms with van der Waals surface area (Å²) in [5.74, 6) is -0.560. The molecule has 0 fully saturated rings. The third kappa shape index (κ3) is 4.57. The third-order valence-corrected chi connectivity index (χ3v) is 4.63. The Labute approximate surface area is 165 Å². The summed E-state index contributed by atoms with van der Waals surface area (Å²) in [6.07, 6.45) is 1.41. The zero-order valence-corrected chi connectivity index (χ0v) is 16.0. The second-order valence-electron chi connectivity index (χ2n) is 5.92. The fourth-order valence-corrected chi connectivity index (χ4v) is 3.02. The van der Waals surface area contributed by atoms with Crippen molar-refractivity contribution in [1.29, 1.82) is 0 Å². The molecule has 9 heteroatoms. The summed E-state index contributed by atoms with van der Waals surface area (Å²) in [5.41, 5.74) is 0.953. The number of carbonyl (C=O) groups excluding carboxylic acids is 3. The van der Waals surface area contributed by atoms with E-state index in [0.29, 0.717) is 21.3 Å². The summed E-state index contributed by atoms with van der Waals surface area (Å²) in [7, 11) is 3.25. The van der Waals surface area contributed by atoms with Crippen LogP contribution in [-0.4, -0.2) is 36.8 Å². The van der Waals surface area contributed by atoms with E-state index in [0.717, 1.165) is 11.3 Å². The Balaban J connectivity index is 1.68. The van der Waals surface area contributed by atoms with Gasteiger partial charge >= 0.3 is 6.03 Å². The predicted molar refractivity (Wildman–Crippen MR) is 108 cm³/mol. The number of anilines is 3. The number of hydrogen-bond acceptors (Lipinski definition) is 5. The number of benzene rings is 1. The van der Waals surface area contributed by atoms with Crippen LogP contribution in [0.3, 0.4) is 0 Å². The molecule has 2 aromatic heterocycles. The smallest absolute Gasteiger partial charge is 0.321 e. The van der Waals surface area contributed by atoms with E-state index < -0.39 is 5.91 Å². The summed E-state index contributed by atoms with van der Waals surface area (Å²) in [4.78, 5) is 38.2. The molecule has 0 radical (unpaired) electrons. The van der Waals surface area contributed by atoms with E-state index >= 15 is 0 Å². The lowest BCUT2D eigenvalue weighted by atomic mass is 10.2. The lowest BCUT2D eigenvalue weighted by molar-refractivity contribution is 0.0995. The molecule has 0 atom stereocenters.